The van der Waals surface area contributed by atoms with Gasteiger partial charge >= 0.3 is 0 Å². The molecule has 134 valence electrons. The smallest absolute Gasteiger partial charge is 0.223 e. The molecule has 1 saturated carbocycles. The molecule has 1 aromatic heterocycles. The SMILES string of the molecule is COc1cc(OC)cc(C(NC(=O)C2CCCC2)c2nccn2C)c1. The molecule has 0 aliphatic heterocycles. The number of aryl methyl sites for hydroxylation is 1. The molecule has 0 saturated heterocycles. The first-order valence-corrected chi connectivity index (χ1v) is 8.63. The van der Waals surface area contributed by atoms with E-state index in [0.29, 0.717) is 11.5 Å². The summed E-state index contributed by atoms with van der Waals surface area (Å²) in [6.07, 6.45) is 7.78. The molecule has 1 N–H and O–H groups in total. The number of hydrogen-bond acceptors (Lipinski definition) is 4. The number of amides is 1. The predicted molar refractivity (Wildman–Crippen MR) is 94.7 cm³/mol. The number of carbonyl (C=O) groups excluding carboxylic acids is 1. The summed E-state index contributed by atoms with van der Waals surface area (Å²) in [5.74, 6) is 2.33. The van der Waals surface area contributed by atoms with E-state index >= 15 is 0 Å². The average molecular weight is 343 g/mol. The summed E-state index contributed by atoms with van der Waals surface area (Å²) >= 11 is 0. The number of hydrogen-bond donors (Lipinski definition) is 1. The molecule has 1 fully saturated rings. The van der Waals surface area contributed by atoms with E-state index in [2.05, 4.69) is 10.3 Å². The maximum absolute atomic E-state index is 12.7. The summed E-state index contributed by atoms with van der Waals surface area (Å²) in [4.78, 5) is 17.2. The van der Waals surface area contributed by atoms with Crippen LogP contribution in [0.2, 0.25) is 0 Å². The Kier molecular flexibility index (Phi) is 5.26. The Morgan fingerprint density at radius 2 is 1.84 bits per heavy atom. The van der Waals surface area contributed by atoms with Crippen LogP contribution in [0.3, 0.4) is 0 Å². The third kappa shape index (κ3) is 3.78. The molecule has 1 unspecified atom stereocenters. The van der Waals surface area contributed by atoms with Crippen molar-refractivity contribution in [3.8, 4) is 11.5 Å². The summed E-state index contributed by atoms with van der Waals surface area (Å²) in [6, 6.07) is 5.29. The molecule has 1 aromatic carbocycles. The third-order valence-corrected chi connectivity index (χ3v) is 4.84. The first kappa shape index (κ1) is 17.3. The average Bonchev–Trinajstić information content (AvgIpc) is 3.31. The highest BCUT2D eigenvalue weighted by molar-refractivity contribution is 5.79. The summed E-state index contributed by atoms with van der Waals surface area (Å²) in [6.45, 7) is 0. The van der Waals surface area contributed by atoms with Crippen LogP contribution >= 0.6 is 0 Å². The fraction of sp³-hybridized carbons (Fsp3) is 0.474. The van der Waals surface area contributed by atoms with Gasteiger partial charge in [0.05, 0.1) is 14.2 Å². The van der Waals surface area contributed by atoms with Gasteiger partial charge in [-0.2, -0.15) is 0 Å². The van der Waals surface area contributed by atoms with Crippen molar-refractivity contribution in [2.45, 2.75) is 31.7 Å². The van der Waals surface area contributed by atoms with Gasteiger partial charge in [-0.25, -0.2) is 4.98 Å². The molecule has 6 nitrogen and oxygen atoms in total. The number of ether oxygens (including phenoxy) is 2. The summed E-state index contributed by atoms with van der Waals surface area (Å²) < 4.78 is 12.7. The lowest BCUT2D eigenvalue weighted by Crippen LogP contribution is -2.35. The Labute approximate surface area is 148 Å². The summed E-state index contributed by atoms with van der Waals surface area (Å²) in [5, 5.41) is 3.19. The van der Waals surface area contributed by atoms with Crippen LogP contribution in [0.4, 0.5) is 0 Å². The molecule has 3 rings (SSSR count). The van der Waals surface area contributed by atoms with E-state index in [1.807, 2.05) is 36.0 Å². The Bertz CT molecular complexity index is 713. The van der Waals surface area contributed by atoms with Gasteiger partial charge < -0.3 is 19.4 Å². The molecular weight excluding hydrogens is 318 g/mol. The van der Waals surface area contributed by atoms with Crippen molar-refractivity contribution in [3.63, 3.8) is 0 Å². The van der Waals surface area contributed by atoms with Crippen LogP contribution in [0.25, 0.3) is 0 Å². The van der Waals surface area contributed by atoms with Gasteiger partial charge in [0.1, 0.15) is 23.4 Å². The minimum absolute atomic E-state index is 0.0901. The topological polar surface area (TPSA) is 65.4 Å². The fourth-order valence-corrected chi connectivity index (χ4v) is 3.40. The van der Waals surface area contributed by atoms with Gasteiger partial charge in [-0.15, -0.1) is 0 Å². The second kappa shape index (κ2) is 7.59. The van der Waals surface area contributed by atoms with Crippen LogP contribution in [0, 0.1) is 5.92 Å². The molecule has 1 aliphatic carbocycles. The number of aromatic nitrogens is 2. The first-order chi connectivity index (χ1) is 12.1. The Balaban J connectivity index is 1.96. The molecule has 25 heavy (non-hydrogen) atoms. The third-order valence-electron chi connectivity index (χ3n) is 4.84. The van der Waals surface area contributed by atoms with Gasteiger partial charge in [-0.3, -0.25) is 4.79 Å². The summed E-state index contributed by atoms with van der Waals surface area (Å²) in [7, 11) is 5.16. The molecule has 0 spiro atoms. The maximum atomic E-state index is 12.7. The molecule has 6 heteroatoms. The Hall–Kier alpha value is -2.50. The number of nitrogens with zero attached hydrogens (tertiary/aromatic N) is 2. The maximum Gasteiger partial charge on any atom is 0.223 e. The number of nitrogens with one attached hydrogen (secondary N) is 1. The van der Waals surface area contributed by atoms with Crippen molar-refractivity contribution in [3.05, 3.63) is 42.0 Å². The molecular formula is C19H25N3O3. The minimum Gasteiger partial charge on any atom is -0.497 e. The molecule has 0 radical (unpaired) electrons. The van der Waals surface area contributed by atoms with E-state index in [9.17, 15) is 4.79 Å². The second-order valence-electron chi connectivity index (χ2n) is 6.47. The monoisotopic (exact) mass is 343 g/mol. The lowest BCUT2D eigenvalue weighted by Gasteiger charge is -2.22. The lowest BCUT2D eigenvalue weighted by atomic mass is 10.0. The van der Waals surface area contributed by atoms with E-state index in [1.165, 1.54) is 0 Å². The van der Waals surface area contributed by atoms with Crippen molar-refractivity contribution in [1.29, 1.82) is 0 Å². The zero-order valence-electron chi connectivity index (χ0n) is 15.0. The number of rotatable bonds is 6. The van der Waals surface area contributed by atoms with Gasteiger partial charge in [0.15, 0.2) is 0 Å². The summed E-state index contributed by atoms with van der Waals surface area (Å²) in [5.41, 5.74) is 0.886. The Morgan fingerprint density at radius 1 is 1.20 bits per heavy atom. The lowest BCUT2D eigenvalue weighted by molar-refractivity contribution is -0.125. The quantitative estimate of drug-likeness (QED) is 0.876. The largest absolute Gasteiger partial charge is 0.497 e. The van der Waals surface area contributed by atoms with Crippen LogP contribution in [-0.4, -0.2) is 29.7 Å². The van der Waals surface area contributed by atoms with Crippen LogP contribution in [-0.2, 0) is 11.8 Å². The Morgan fingerprint density at radius 3 is 2.36 bits per heavy atom. The molecule has 1 amide bonds. The van der Waals surface area contributed by atoms with Gasteiger partial charge in [0, 0.05) is 31.4 Å². The highest BCUT2D eigenvalue weighted by Crippen LogP contribution is 2.31. The van der Waals surface area contributed by atoms with Crippen LogP contribution < -0.4 is 14.8 Å². The van der Waals surface area contributed by atoms with Gasteiger partial charge in [-0.05, 0) is 30.5 Å². The predicted octanol–water partition coefficient (Wildman–Crippen LogP) is 2.83. The van der Waals surface area contributed by atoms with Crippen molar-refractivity contribution < 1.29 is 14.3 Å². The van der Waals surface area contributed by atoms with Crippen molar-refractivity contribution in [2.75, 3.05) is 14.2 Å². The van der Waals surface area contributed by atoms with E-state index in [-0.39, 0.29) is 17.9 Å². The van der Waals surface area contributed by atoms with Gasteiger partial charge in [-0.1, -0.05) is 12.8 Å². The highest BCUT2D eigenvalue weighted by Gasteiger charge is 2.28. The number of imidazole rings is 1. The number of carbonyl (C=O) groups is 1. The minimum atomic E-state index is -0.350. The van der Waals surface area contributed by atoms with Crippen LogP contribution in [0.5, 0.6) is 11.5 Å². The van der Waals surface area contributed by atoms with E-state index < -0.39 is 0 Å². The number of methoxy groups -OCH3 is 2. The zero-order chi connectivity index (χ0) is 17.8. The highest BCUT2D eigenvalue weighted by atomic mass is 16.5. The number of benzene rings is 1. The fourth-order valence-electron chi connectivity index (χ4n) is 3.40. The van der Waals surface area contributed by atoms with Crippen molar-refractivity contribution in [1.82, 2.24) is 14.9 Å². The van der Waals surface area contributed by atoms with Gasteiger partial charge in [0.2, 0.25) is 5.91 Å². The van der Waals surface area contributed by atoms with E-state index in [1.54, 1.807) is 20.4 Å². The normalized spacial score (nSPS) is 15.8. The van der Waals surface area contributed by atoms with Crippen molar-refractivity contribution >= 4 is 5.91 Å². The van der Waals surface area contributed by atoms with E-state index in [4.69, 9.17) is 9.47 Å². The standard InChI is InChI=1S/C19H25N3O3/c1-22-9-8-20-18(22)17(21-19(23)13-6-4-5-7-13)14-10-15(24-2)12-16(11-14)25-3/h8-13,17H,4-7H2,1-3H3,(H,21,23). The van der Waals surface area contributed by atoms with Gasteiger partial charge in [0.25, 0.3) is 0 Å². The molecule has 1 aliphatic rings. The zero-order valence-corrected chi connectivity index (χ0v) is 15.0. The second-order valence-corrected chi connectivity index (χ2v) is 6.47. The molecule has 0 bridgehead atoms. The molecule has 1 atom stereocenters. The molecule has 2 aromatic rings. The van der Waals surface area contributed by atoms with E-state index in [0.717, 1.165) is 37.1 Å². The van der Waals surface area contributed by atoms with Crippen LogP contribution in [0.1, 0.15) is 43.1 Å². The van der Waals surface area contributed by atoms with Crippen molar-refractivity contribution in [2.24, 2.45) is 13.0 Å². The first-order valence-electron chi connectivity index (χ1n) is 8.63. The van der Waals surface area contributed by atoms with Crippen LogP contribution in [0.15, 0.2) is 30.6 Å². The molecule has 1 heterocycles.